The van der Waals surface area contributed by atoms with Gasteiger partial charge in [-0.15, -0.1) is 0 Å². The van der Waals surface area contributed by atoms with E-state index in [2.05, 4.69) is 4.18 Å². The molecule has 0 heterocycles. The van der Waals surface area contributed by atoms with Crippen LogP contribution >= 0.6 is 0 Å². The number of hydrogen-bond acceptors (Lipinski definition) is 5. The van der Waals surface area contributed by atoms with Gasteiger partial charge >= 0.3 is 21.6 Å². The lowest BCUT2D eigenvalue weighted by atomic mass is 9.71. The zero-order chi connectivity index (χ0) is 23.4. The standard InChI is InChI=1S/C20H16F4O6S/c1-19(2)8-11-7-14(30-31(28,29)20(22,23)24)17(18(26)27)16(15(11)13(25)9-19)10-3-5-12(21)6-4-10/h3-7H,8-9H2,1-2H3,(H,26,27). The Kier molecular flexibility index (Phi) is 5.37. The van der Waals surface area contributed by atoms with Crippen LogP contribution in [0.15, 0.2) is 30.3 Å². The summed E-state index contributed by atoms with van der Waals surface area (Å²) in [6.45, 7) is 3.45. The van der Waals surface area contributed by atoms with Crippen molar-refractivity contribution in [3.63, 3.8) is 0 Å². The summed E-state index contributed by atoms with van der Waals surface area (Å²) in [4.78, 5) is 24.9. The summed E-state index contributed by atoms with van der Waals surface area (Å²) in [6, 6.07) is 5.09. The number of hydrogen-bond donors (Lipinski definition) is 1. The van der Waals surface area contributed by atoms with Crippen molar-refractivity contribution in [1.29, 1.82) is 0 Å². The zero-order valence-electron chi connectivity index (χ0n) is 16.2. The molecule has 31 heavy (non-hydrogen) atoms. The van der Waals surface area contributed by atoms with Gasteiger partial charge in [0.05, 0.1) is 0 Å². The molecule has 1 N–H and O–H groups in total. The first-order valence-electron chi connectivity index (χ1n) is 8.86. The topological polar surface area (TPSA) is 97.7 Å². The third-order valence-corrected chi connectivity index (χ3v) is 5.76. The third kappa shape index (κ3) is 4.27. The minimum absolute atomic E-state index is 0.0120. The van der Waals surface area contributed by atoms with E-state index in [0.717, 1.165) is 30.3 Å². The van der Waals surface area contributed by atoms with Crippen LogP contribution < -0.4 is 4.18 Å². The molecule has 0 fully saturated rings. The van der Waals surface area contributed by atoms with Gasteiger partial charge in [-0.25, -0.2) is 9.18 Å². The lowest BCUT2D eigenvalue weighted by molar-refractivity contribution is -0.0500. The van der Waals surface area contributed by atoms with Crippen LogP contribution in [-0.2, 0) is 16.5 Å². The molecule has 0 radical (unpaired) electrons. The molecule has 0 unspecified atom stereocenters. The summed E-state index contributed by atoms with van der Waals surface area (Å²) in [6.07, 6.45) is 0.166. The Bertz CT molecular complexity index is 1180. The first-order chi connectivity index (χ1) is 14.1. The van der Waals surface area contributed by atoms with Crippen molar-refractivity contribution in [2.24, 2.45) is 5.41 Å². The van der Waals surface area contributed by atoms with E-state index in [1.54, 1.807) is 13.8 Å². The van der Waals surface area contributed by atoms with Gasteiger partial charge in [-0.2, -0.15) is 21.6 Å². The average Bonchev–Trinajstić information content (AvgIpc) is 2.58. The first-order valence-corrected chi connectivity index (χ1v) is 10.3. The smallest absolute Gasteiger partial charge is 0.478 e. The fourth-order valence-corrected chi connectivity index (χ4v) is 4.08. The van der Waals surface area contributed by atoms with Crippen LogP contribution in [-0.4, -0.2) is 30.8 Å². The van der Waals surface area contributed by atoms with E-state index in [1.807, 2.05) is 0 Å². The highest BCUT2D eigenvalue weighted by atomic mass is 32.2. The van der Waals surface area contributed by atoms with Crippen LogP contribution in [0.25, 0.3) is 11.1 Å². The molecule has 3 rings (SSSR count). The molecule has 0 bridgehead atoms. The van der Waals surface area contributed by atoms with Gasteiger partial charge in [-0.3, -0.25) is 4.79 Å². The van der Waals surface area contributed by atoms with Crippen LogP contribution in [0.5, 0.6) is 5.75 Å². The van der Waals surface area contributed by atoms with E-state index in [4.69, 9.17) is 0 Å². The van der Waals surface area contributed by atoms with Crippen molar-refractivity contribution >= 4 is 21.9 Å². The fraction of sp³-hybridized carbons (Fsp3) is 0.300. The Morgan fingerprint density at radius 2 is 1.68 bits per heavy atom. The van der Waals surface area contributed by atoms with Gasteiger partial charge in [0.25, 0.3) is 0 Å². The van der Waals surface area contributed by atoms with Gasteiger partial charge in [0.2, 0.25) is 0 Å². The van der Waals surface area contributed by atoms with Gasteiger partial charge in [0, 0.05) is 17.5 Å². The van der Waals surface area contributed by atoms with Gasteiger partial charge in [0.15, 0.2) is 11.5 Å². The van der Waals surface area contributed by atoms with E-state index in [1.165, 1.54) is 0 Å². The molecule has 0 aromatic heterocycles. The summed E-state index contributed by atoms with van der Waals surface area (Å²) in [5, 5.41) is 9.71. The summed E-state index contributed by atoms with van der Waals surface area (Å²) >= 11 is 0. The predicted octanol–water partition coefficient (Wildman–Crippen LogP) is 4.57. The number of rotatable bonds is 4. The summed E-state index contributed by atoms with van der Waals surface area (Å²) in [5.41, 5.74) is -7.60. The highest BCUT2D eigenvalue weighted by molar-refractivity contribution is 7.88. The Morgan fingerprint density at radius 3 is 2.19 bits per heavy atom. The number of alkyl halides is 3. The molecule has 0 saturated carbocycles. The molecule has 166 valence electrons. The lowest BCUT2D eigenvalue weighted by Gasteiger charge is -2.32. The quantitative estimate of drug-likeness (QED) is 0.408. The minimum Gasteiger partial charge on any atom is -0.478 e. The maximum absolute atomic E-state index is 13.4. The lowest BCUT2D eigenvalue weighted by Crippen LogP contribution is -2.31. The number of halogens is 4. The normalized spacial score (nSPS) is 16.0. The number of carbonyl (C=O) groups is 2. The van der Waals surface area contributed by atoms with Crippen LogP contribution in [0.3, 0.4) is 0 Å². The monoisotopic (exact) mass is 460 g/mol. The number of carbonyl (C=O) groups excluding carboxylic acids is 1. The SMILES string of the molecule is CC1(C)CC(=O)c2c(cc(OS(=O)(=O)C(F)(F)F)c(C(=O)O)c2-c2ccc(F)cc2)C1. The van der Waals surface area contributed by atoms with Crippen molar-refractivity contribution in [1.82, 2.24) is 0 Å². The number of aromatic carboxylic acids is 1. The average molecular weight is 460 g/mol. The molecule has 0 saturated heterocycles. The van der Waals surface area contributed by atoms with Crippen LogP contribution in [0.2, 0.25) is 0 Å². The molecule has 2 aromatic rings. The molecule has 1 aliphatic carbocycles. The Labute approximate surface area is 174 Å². The Morgan fingerprint density at radius 1 is 1.10 bits per heavy atom. The van der Waals surface area contributed by atoms with E-state index >= 15 is 0 Å². The molecular weight excluding hydrogens is 444 g/mol. The highest BCUT2D eigenvalue weighted by Crippen LogP contribution is 2.45. The fourth-order valence-electron chi connectivity index (χ4n) is 3.62. The van der Waals surface area contributed by atoms with Crippen molar-refractivity contribution in [3.05, 3.63) is 52.8 Å². The van der Waals surface area contributed by atoms with Crippen LogP contribution in [0.4, 0.5) is 17.6 Å². The Balaban J connectivity index is 2.40. The summed E-state index contributed by atoms with van der Waals surface area (Å²) in [7, 11) is -6.19. The van der Waals surface area contributed by atoms with Crippen LogP contribution in [0, 0.1) is 11.2 Å². The number of ketones is 1. The highest BCUT2D eigenvalue weighted by Gasteiger charge is 2.49. The molecule has 11 heteroatoms. The number of Topliss-reactive ketones (excluding diaryl/α,β-unsaturated/α-hetero) is 1. The second-order valence-corrected chi connectivity index (χ2v) is 9.43. The van der Waals surface area contributed by atoms with E-state index in [0.29, 0.717) is 0 Å². The maximum atomic E-state index is 13.4. The molecule has 1 aliphatic rings. The van der Waals surface area contributed by atoms with Gasteiger partial charge in [-0.1, -0.05) is 26.0 Å². The second kappa shape index (κ2) is 7.33. The maximum Gasteiger partial charge on any atom is 0.534 e. The minimum atomic E-state index is -6.19. The van der Waals surface area contributed by atoms with Crippen molar-refractivity contribution < 1.29 is 44.9 Å². The van der Waals surface area contributed by atoms with E-state index in [-0.39, 0.29) is 35.1 Å². The van der Waals surface area contributed by atoms with Crippen LogP contribution in [0.1, 0.15) is 46.5 Å². The largest absolute Gasteiger partial charge is 0.534 e. The summed E-state index contributed by atoms with van der Waals surface area (Å²) in [5.74, 6) is -4.03. The molecular formula is C20H16F4O6S. The van der Waals surface area contributed by atoms with Gasteiger partial charge in [0.1, 0.15) is 11.4 Å². The van der Waals surface area contributed by atoms with E-state index < -0.39 is 49.9 Å². The second-order valence-electron chi connectivity index (χ2n) is 7.90. The van der Waals surface area contributed by atoms with Gasteiger partial charge < -0.3 is 9.29 Å². The first kappa shape index (κ1) is 22.7. The molecule has 0 atom stereocenters. The van der Waals surface area contributed by atoms with Crippen molar-refractivity contribution in [2.45, 2.75) is 32.2 Å². The number of benzene rings is 2. The Hall–Kier alpha value is -2.95. The number of carboxylic acids is 1. The van der Waals surface area contributed by atoms with Crippen molar-refractivity contribution in [3.8, 4) is 16.9 Å². The molecule has 0 aliphatic heterocycles. The summed E-state index contributed by atoms with van der Waals surface area (Å²) < 4.78 is 79.4. The molecule has 0 amide bonds. The van der Waals surface area contributed by atoms with Gasteiger partial charge in [-0.05, 0) is 41.2 Å². The van der Waals surface area contributed by atoms with Crippen molar-refractivity contribution in [2.75, 3.05) is 0 Å². The predicted molar refractivity (Wildman–Crippen MR) is 101 cm³/mol. The zero-order valence-corrected chi connectivity index (χ0v) is 17.0. The molecule has 6 nitrogen and oxygen atoms in total. The number of fused-ring (bicyclic) bond motifs is 1. The number of carboxylic acid groups (broad SMARTS) is 1. The molecule has 2 aromatic carbocycles. The van der Waals surface area contributed by atoms with E-state index in [9.17, 15) is 40.7 Å². The molecule has 0 spiro atoms. The third-order valence-electron chi connectivity index (χ3n) is 4.79.